The van der Waals surface area contributed by atoms with E-state index in [1.807, 2.05) is 50.2 Å². The lowest BCUT2D eigenvalue weighted by Gasteiger charge is -2.15. The number of anilines is 1. The van der Waals surface area contributed by atoms with Crippen LogP contribution in [-0.2, 0) is 0 Å². The Hall–Kier alpha value is -2.20. The fourth-order valence-electron chi connectivity index (χ4n) is 2.46. The van der Waals surface area contributed by atoms with Crippen LogP contribution in [0.4, 0.5) is 10.5 Å². The van der Waals surface area contributed by atoms with E-state index in [0.29, 0.717) is 11.7 Å². The molecule has 2 aromatic carbocycles. The number of amides is 2. The van der Waals surface area contributed by atoms with Gasteiger partial charge >= 0.3 is 6.03 Å². The molecule has 0 spiro atoms. The molecule has 2 N–H and O–H groups in total. The maximum absolute atomic E-state index is 12.0. The summed E-state index contributed by atoms with van der Waals surface area (Å²) >= 11 is 6.13. The van der Waals surface area contributed by atoms with E-state index in [-0.39, 0.29) is 12.8 Å². The van der Waals surface area contributed by atoms with E-state index in [0.717, 1.165) is 27.4 Å². The van der Waals surface area contributed by atoms with Gasteiger partial charge in [-0.3, -0.25) is 0 Å². The summed E-state index contributed by atoms with van der Waals surface area (Å²) in [4.78, 5) is 12.0. The van der Waals surface area contributed by atoms with Gasteiger partial charge in [0.15, 0.2) is 6.73 Å². The van der Waals surface area contributed by atoms with Crippen molar-refractivity contribution in [3.05, 3.63) is 58.1 Å². The molecule has 2 rings (SSSR count). The van der Waals surface area contributed by atoms with Crippen LogP contribution in [0, 0.1) is 13.8 Å². The lowest BCUT2D eigenvalue weighted by Crippen LogP contribution is -2.32. The van der Waals surface area contributed by atoms with Crippen molar-refractivity contribution in [1.82, 2.24) is 5.32 Å². The van der Waals surface area contributed by atoms with Crippen LogP contribution in [0.2, 0.25) is 5.02 Å². The molecular formula is C19H23ClN2O2. The highest BCUT2D eigenvalue weighted by molar-refractivity contribution is 6.32. The largest absolute Gasteiger partial charge is 0.473 e. The Morgan fingerprint density at radius 2 is 1.79 bits per heavy atom. The zero-order valence-electron chi connectivity index (χ0n) is 14.4. The molecule has 0 unspecified atom stereocenters. The van der Waals surface area contributed by atoms with Crippen LogP contribution < -0.4 is 15.4 Å². The van der Waals surface area contributed by atoms with Crippen molar-refractivity contribution in [3.63, 3.8) is 0 Å². The minimum atomic E-state index is -0.300. The minimum absolute atomic E-state index is 0.0796. The van der Waals surface area contributed by atoms with Crippen molar-refractivity contribution in [3.8, 4) is 5.75 Å². The van der Waals surface area contributed by atoms with E-state index in [1.165, 1.54) is 0 Å². The molecule has 0 aliphatic rings. The predicted octanol–water partition coefficient (Wildman–Crippen LogP) is 5.24. The molecule has 0 fully saturated rings. The van der Waals surface area contributed by atoms with Gasteiger partial charge in [-0.15, -0.1) is 0 Å². The molecule has 0 radical (unpaired) electrons. The molecule has 2 aromatic rings. The molecule has 0 heterocycles. The molecule has 128 valence electrons. The number of rotatable bonds is 5. The van der Waals surface area contributed by atoms with Crippen LogP contribution in [0.3, 0.4) is 0 Å². The number of nitrogens with one attached hydrogen (secondary N) is 2. The Balaban J connectivity index is 1.90. The number of aryl methyl sites for hydroxylation is 2. The number of hydrogen-bond acceptors (Lipinski definition) is 2. The molecule has 24 heavy (non-hydrogen) atoms. The van der Waals surface area contributed by atoms with Gasteiger partial charge in [0.05, 0.1) is 0 Å². The first-order valence-electron chi connectivity index (χ1n) is 7.91. The third kappa shape index (κ3) is 4.65. The predicted molar refractivity (Wildman–Crippen MR) is 99.1 cm³/mol. The van der Waals surface area contributed by atoms with Crippen molar-refractivity contribution in [2.45, 2.75) is 33.6 Å². The number of para-hydroxylation sites is 1. The first-order chi connectivity index (χ1) is 11.4. The second-order valence-electron chi connectivity index (χ2n) is 6.03. The molecular weight excluding hydrogens is 324 g/mol. The average Bonchev–Trinajstić information content (AvgIpc) is 2.52. The highest BCUT2D eigenvalue weighted by Gasteiger charge is 2.09. The van der Waals surface area contributed by atoms with Gasteiger partial charge in [0.1, 0.15) is 5.75 Å². The summed E-state index contributed by atoms with van der Waals surface area (Å²) in [6.07, 6.45) is 0. The Labute approximate surface area is 148 Å². The van der Waals surface area contributed by atoms with Crippen molar-refractivity contribution in [1.29, 1.82) is 0 Å². The fourth-order valence-corrected chi connectivity index (χ4v) is 2.56. The minimum Gasteiger partial charge on any atom is -0.473 e. The summed E-state index contributed by atoms with van der Waals surface area (Å²) in [5.41, 5.74) is 3.80. The average molecular weight is 347 g/mol. The van der Waals surface area contributed by atoms with E-state index in [4.69, 9.17) is 16.3 Å². The number of hydrogen-bond donors (Lipinski definition) is 2. The van der Waals surface area contributed by atoms with Crippen molar-refractivity contribution < 1.29 is 9.53 Å². The third-order valence-corrected chi connectivity index (χ3v) is 4.31. The number of carbonyl (C=O) groups is 1. The molecule has 0 aliphatic carbocycles. The van der Waals surface area contributed by atoms with Crippen LogP contribution in [0.5, 0.6) is 5.75 Å². The lowest BCUT2D eigenvalue weighted by atomic mass is 10.0. The van der Waals surface area contributed by atoms with Gasteiger partial charge in [-0.25, -0.2) is 4.79 Å². The van der Waals surface area contributed by atoms with E-state index in [2.05, 4.69) is 24.5 Å². The van der Waals surface area contributed by atoms with Gasteiger partial charge in [0, 0.05) is 10.7 Å². The van der Waals surface area contributed by atoms with Gasteiger partial charge in [0.2, 0.25) is 0 Å². The van der Waals surface area contributed by atoms with Gasteiger partial charge < -0.3 is 15.4 Å². The van der Waals surface area contributed by atoms with Crippen molar-refractivity contribution >= 4 is 23.3 Å². The topological polar surface area (TPSA) is 50.4 Å². The second kappa shape index (κ2) is 8.06. The van der Waals surface area contributed by atoms with Crippen molar-refractivity contribution in [2.75, 3.05) is 12.0 Å². The SMILES string of the molecule is Cc1cc(OCNC(=O)Nc2ccccc2C(C)C)cc(C)c1Cl. The lowest BCUT2D eigenvalue weighted by molar-refractivity contribution is 0.234. The molecule has 0 atom stereocenters. The number of urea groups is 1. The Morgan fingerprint density at radius 1 is 1.17 bits per heavy atom. The molecule has 0 bridgehead atoms. The second-order valence-corrected chi connectivity index (χ2v) is 6.41. The molecule has 0 aromatic heterocycles. The van der Waals surface area contributed by atoms with Crippen LogP contribution in [0.15, 0.2) is 36.4 Å². The summed E-state index contributed by atoms with van der Waals surface area (Å²) in [6.45, 7) is 8.10. The standard InChI is InChI=1S/C19H23ClN2O2/c1-12(2)16-7-5-6-8-17(16)22-19(23)21-11-24-15-9-13(3)18(20)14(4)10-15/h5-10,12H,11H2,1-4H3,(H2,21,22,23). The van der Waals surface area contributed by atoms with E-state index in [1.54, 1.807) is 0 Å². The van der Waals surface area contributed by atoms with Gasteiger partial charge in [-0.1, -0.05) is 43.6 Å². The number of benzene rings is 2. The van der Waals surface area contributed by atoms with Crippen molar-refractivity contribution in [2.24, 2.45) is 0 Å². The Bertz CT molecular complexity index is 706. The number of halogens is 1. The van der Waals surface area contributed by atoms with Gasteiger partial charge in [0.25, 0.3) is 0 Å². The molecule has 5 heteroatoms. The highest BCUT2D eigenvalue weighted by Crippen LogP contribution is 2.26. The molecule has 2 amide bonds. The zero-order valence-corrected chi connectivity index (χ0v) is 15.2. The quantitative estimate of drug-likeness (QED) is 0.727. The summed E-state index contributed by atoms with van der Waals surface area (Å²) in [5.74, 6) is 1.01. The van der Waals surface area contributed by atoms with Crippen LogP contribution in [0.25, 0.3) is 0 Å². The van der Waals surface area contributed by atoms with Crippen LogP contribution in [-0.4, -0.2) is 12.8 Å². The van der Waals surface area contributed by atoms with E-state index < -0.39 is 0 Å². The smallest absolute Gasteiger partial charge is 0.321 e. The number of carbonyl (C=O) groups excluding carboxylic acids is 1. The summed E-state index contributed by atoms with van der Waals surface area (Å²) in [7, 11) is 0. The molecule has 0 aliphatic heterocycles. The Kier molecular flexibility index (Phi) is 6.10. The van der Waals surface area contributed by atoms with Crippen LogP contribution >= 0.6 is 11.6 Å². The van der Waals surface area contributed by atoms with Crippen LogP contribution in [0.1, 0.15) is 36.5 Å². The van der Waals surface area contributed by atoms with E-state index in [9.17, 15) is 4.79 Å². The van der Waals surface area contributed by atoms with Gasteiger partial charge in [-0.05, 0) is 54.7 Å². The Morgan fingerprint density at radius 3 is 2.42 bits per heavy atom. The zero-order chi connectivity index (χ0) is 17.7. The summed E-state index contributed by atoms with van der Waals surface area (Å²) < 4.78 is 5.58. The first-order valence-corrected chi connectivity index (χ1v) is 8.29. The maximum atomic E-state index is 12.0. The first kappa shape index (κ1) is 18.1. The molecule has 0 saturated heterocycles. The number of ether oxygens (including phenoxy) is 1. The fraction of sp³-hybridized carbons (Fsp3) is 0.316. The summed E-state index contributed by atoms with van der Waals surface area (Å²) in [5, 5.41) is 6.29. The maximum Gasteiger partial charge on any atom is 0.321 e. The monoisotopic (exact) mass is 346 g/mol. The van der Waals surface area contributed by atoms with E-state index >= 15 is 0 Å². The molecule has 4 nitrogen and oxygen atoms in total. The normalized spacial score (nSPS) is 10.6. The highest BCUT2D eigenvalue weighted by atomic mass is 35.5. The third-order valence-electron chi connectivity index (χ3n) is 3.71. The van der Waals surface area contributed by atoms with Gasteiger partial charge in [-0.2, -0.15) is 0 Å². The summed E-state index contributed by atoms with van der Waals surface area (Å²) in [6, 6.07) is 11.2. The molecule has 0 saturated carbocycles.